The van der Waals surface area contributed by atoms with Crippen LogP contribution in [0.15, 0.2) is 24.3 Å². The van der Waals surface area contributed by atoms with Crippen molar-refractivity contribution < 1.29 is 4.74 Å². The predicted molar refractivity (Wildman–Crippen MR) is 85.6 cm³/mol. The van der Waals surface area contributed by atoms with Gasteiger partial charge in [0.2, 0.25) is 0 Å². The lowest BCUT2D eigenvalue weighted by Gasteiger charge is -2.28. The van der Waals surface area contributed by atoms with E-state index in [1.807, 2.05) is 24.3 Å². The van der Waals surface area contributed by atoms with Crippen LogP contribution in [-0.2, 0) is 0 Å². The van der Waals surface area contributed by atoms with E-state index in [4.69, 9.17) is 16.3 Å². The van der Waals surface area contributed by atoms with Gasteiger partial charge in [-0.05, 0) is 44.0 Å². The number of hydrogen-bond acceptors (Lipinski definition) is 2. The molecule has 2 unspecified atom stereocenters. The summed E-state index contributed by atoms with van der Waals surface area (Å²) in [5, 5.41) is 4.31. The Hall–Kier alpha value is -0.730. The van der Waals surface area contributed by atoms with Gasteiger partial charge >= 0.3 is 0 Å². The number of hydrogen-bond donors (Lipinski definition) is 1. The summed E-state index contributed by atoms with van der Waals surface area (Å²) in [5.74, 6) is 1.73. The molecule has 0 bridgehead atoms. The van der Waals surface area contributed by atoms with Crippen molar-refractivity contribution in [2.45, 2.75) is 58.1 Å². The van der Waals surface area contributed by atoms with Crippen molar-refractivity contribution in [2.75, 3.05) is 6.54 Å². The highest BCUT2D eigenvalue weighted by atomic mass is 35.5. The number of halogens is 1. The van der Waals surface area contributed by atoms with Gasteiger partial charge in [0.25, 0.3) is 0 Å². The molecular formula is C17H26ClNO. The lowest BCUT2D eigenvalue weighted by Crippen LogP contribution is -2.42. The molecule has 1 aromatic carbocycles. The molecule has 1 saturated carbocycles. The minimum absolute atomic E-state index is 0.161. The molecule has 2 rings (SSSR count). The van der Waals surface area contributed by atoms with E-state index < -0.39 is 0 Å². The second-order valence-electron chi connectivity index (χ2n) is 5.83. The molecule has 1 aliphatic rings. The fraction of sp³-hybridized carbons (Fsp3) is 0.647. The highest BCUT2D eigenvalue weighted by Gasteiger charge is 2.24. The van der Waals surface area contributed by atoms with Crippen molar-refractivity contribution in [3.63, 3.8) is 0 Å². The maximum atomic E-state index is 6.07. The molecule has 0 aromatic heterocycles. The van der Waals surface area contributed by atoms with Crippen molar-refractivity contribution in [3.05, 3.63) is 29.3 Å². The van der Waals surface area contributed by atoms with Crippen molar-refractivity contribution in [1.29, 1.82) is 0 Å². The van der Waals surface area contributed by atoms with E-state index in [2.05, 4.69) is 19.2 Å². The van der Waals surface area contributed by atoms with Gasteiger partial charge in [0.1, 0.15) is 11.9 Å². The van der Waals surface area contributed by atoms with Gasteiger partial charge in [-0.25, -0.2) is 0 Å². The first-order valence-corrected chi connectivity index (χ1v) is 8.22. The highest BCUT2D eigenvalue weighted by molar-refractivity contribution is 6.30. The van der Waals surface area contributed by atoms with Crippen LogP contribution in [0.3, 0.4) is 0 Å². The van der Waals surface area contributed by atoms with Crippen molar-refractivity contribution >= 4 is 11.6 Å². The van der Waals surface area contributed by atoms with Crippen molar-refractivity contribution in [1.82, 2.24) is 5.32 Å². The molecule has 3 heteroatoms. The molecule has 0 heterocycles. The second kappa shape index (κ2) is 7.90. The molecule has 2 nitrogen and oxygen atoms in total. The number of ether oxygens (including phenoxy) is 1. The van der Waals surface area contributed by atoms with E-state index in [1.54, 1.807) is 0 Å². The maximum Gasteiger partial charge on any atom is 0.121 e. The quantitative estimate of drug-likeness (QED) is 0.789. The summed E-state index contributed by atoms with van der Waals surface area (Å²) in [4.78, 5) is 0. The van der Waals surface area contributed by atoms with Crippen LogP contribution >= 0.6 is 11.6 Å². The molecule has 112 valence electrons. The van der Waals surface area contributed by atoms with Crippen LogP contribution in [0.5, 0.6) is 5.75 Å². The zero-order valence-corrected chi connectivity index (χ0v) is 13.3. The number of benzene rings is 1. The average Bonchev–Trinajstić information content (AvgIpc) is 2.91. The molecule has 0 amide bonds. The first kappa shape index (κ1) is 15.7. The highest BCUT2D eigenvalue weighted by Crippen LogP contribution is 2.30. The summed E-state index contributed by atoms with van der Waals surface area (Å²) in [6.45, 7) is 5.30. The first-order valence-electron chi connectivity index (χ1n) is 7.84. The van der Waals surface area contributed by atoms with Crippen LogP contribution in [0.1, 0.15) is 46.0 Å². The molecule has 1 N–H and O–H groups in total. The van der Waals surface area contributed by atoms with Crippen LogP contribution in [0.2, 0.25) is 5.02 Å². The van der Waals surface area contributed by atoms with Gasteiger partial charge in [0.15, 0.2) is 0 Å². The van der Waals surface area contributed by atoms with Gasteiger partial charge in [-0.3, -0.25) is 0 Å². The third-order valence-corrected chi connectivity index (χ3v) is 4.45. The number of nitrogens with one attached hydrogen (secondary N) is 1. The van der Waals surface area contributed by atoms with Crippen LogP contribution in [-0.4, -0.2) is 18.7 Å². The average molecular weight is 296 g/mol. The molecule has 0 aliphatic heterocycles. The largest absolute Gasteiger partial charge is 0.489 e. The minimum atomic E-state index is 0.161. The zero-order valence-electron chi connectivity index (χ0n) is 12.6. The monoisotopic (exact) mass is 295 g/mol. The Morgan fingerprint density at radius 2 is 2.10 bits per heavy atom. The van der Waals surface area contributed by atoms with Gasteiger partial charge in [-0.1, -0.05) is 50.3 Å². The Balaban J connectivity index is 1.93. The van der Waals surface area contributed by atoms with Crippen LogP contribution < -0.4 is 10.1 Å². The summed E-state index contributed by atoms with van der Waals surface area (Å²) < 4.78 is 6.07. The van der Waals surface area contributed by atoms with E-state index in [0.717, 1.165) is 23.2 Å². The lowest BCUT2D eigenvalue weighted by molar-refractivity contribution is 0.154. The van der Waals surface area contributed by atoms with E-state index >= 15 is 0 Å². The zero-order chi connectivity index (χ0) is 14.4. The lowest BCUT2D eigenvalue weighted by atomic mass is 9.95. The van der Waals surface area contributed by atoms with Gasteiger partial charge in [-0.2, -0.15) is 0 Å². The molecule has 0 spiro atoms. The molecule has 0 saturated heterocycles. The van der Waals surface area contributed by atoms with Gasteiger partial charge in [-0.15, -0.1) is 0 Å². The van der Waals surface area contributed by atoms with E-state index in [9.17, 15) is 0 Å². The minimum Gasteiger partial charge on any atom is -0.489 e. The summed E-state index contributed by atoms with van der Waals surface area (Å²) in [6.07, 6.45) is 6.93. The van der Waals surface area contributed by atoms with Gasteiger partial charge in [0, 0.05) is 11.1 Å². The Bertz CT molecular complexity index is 404. The third kappa shape index (κ3) is 4.68. The van der Waals surface area contributed by atoms with Crippen LogP contribution in [0.25, 0.3) is 0 Å². The van der Waals surface area contributed by atoms with Gasteiger partial charge in [0.05, 0.1) is 0 Å². The first-order chi connectivity index (χ1) is 9.69. The Morgan fingerprint density at radius 3 is 2.75 bits per heavy atom. The number of likely N-dealkylation sites (N-methyl/N-ethyl adjacent to an activating group) is 1. The normalized spacial score (nSPS) is 18.9. The molecule has 1 fully saturated rings. The molecule has 1 aliphatic carbocycles. The summed E-state index contributed by atoms with van der Waals surface area (Å²) in [5.41, 5.74) is 0. The Kier molecular flexibility index (Phi) is 6.18. The SMILES string of the molecule is CCNC(CC1CCCC1)C(C)Oc1cccc(Cl)c1. The Morgan fingerprint density at radius 1 is 1.35 bits per heavy atom. The van der Waals surface area contributed by atoms with Crippen molar-refractivity contribution in [2.24, 2.45) is 5.92 Å². The van der Waals surface area contributed by atoms with E-state index in [0.29, 0.717) is 6.04 Å². The van der Waals surface area contributed by atoms with E-state index in [-0.39, 0.29) is 6.10 Å². The van der Waals surface area contributed by atoms with Gasteiger partial charge < -0.3 is 10.1 Å². The summed E-state index contributed by atoms with van der Waals surface area (Å²) >= 11 is 6.01. The number of rotatable bonds is 7. The topological polar surface area (TPSA) is 21.3 Å². The molecular weight excluding hydrogens is 270 g/mol. The van der Waals surface area contributed by atoms with E-state index in [1.165, 1.54) is 32.1 Å². The smallest absolute Gasteiger partial charge is 0.121 e. The third-order valence-electron chi connectivity index (χ3n) is 4.21. The molecule has 1 aromatic rings. The predicted octanol–water partition coefficient (Wildman–Crippen LogP) is 4.67. The van der Waals surface area contributed by atoms with Crippen molar-refractivity contribution in [3.8, 4) is 5.75 Å². The fourth-order valence-electron chi connectivity index (χ4n) is 3.15. The molecule has 2 atom stereocenters. The maximum absolute atomic E-state index is 6.07. The second-order valence-corrected chi connectivity index (χ2v) is 6.27. The fourth-order valence-corrected chi connectivity index (χ4v) is 3.33. The van der Waals surface area contributed by atoms with Crippen LogP contribution in [0.4, 0.5) is 0 Å². The summed E-state index contributed by atoms with van der Waals surface area (Å²) in [6, 6.07) is 8.09. The Labute approximate surface area is 127 Å². The standard InChI is InChI=1S/C17H26ClNO/c1-3-19-17(11-14-7-4-5-8-14)13(2)20-16-10-6-9-15(18)12-16/h6,9-10,12-14,17,19H,3-5,7-8,11H2,1-2H3. The van der Waals surface area contributed by atoms with Crippen LogP contribution in [0, 0.1) is 5.92 Å². The molecule has 20 heavy (non-hydrogen) atoms. The summed E-state index contributed by atoms with van der Waals surface area (Å²) in [7, 11) is 0. The molecule has 0 radical (unpaired) electrons.